The Hall–Kier alpha value is -0.680. The second-order valence-corrected chi connectivity index (χ2v) is 11.6. The number of phosphoric acid groups is 1. The molecule has 0 bridgehead atoms. The van der Waals surface area contributed by atoms with Crippen LogP contribution < -0.4 is 9.46 Å². The topological polar surface area (TPSA) is 67.4 Å². The van der Waals surface area contributed by atoms with E-state index in [1.807, 2.05) is 0 Å². The Morgan fingerprint density at radius 1 is 0.778 bits per heavy atom. The summed E-state index contributed by atoms with van der Waals surface area (Å²) in [6.45, 7) is 15.8. The average Bonchev–Trinajstić information content (AvgIpc) is 3.33. The third-order valence-corrected chi connectivity index (χ3v) is 7.74. The van der Waals surface area contributed by atoms with Gasteiger partial charge in [-0.3, -0.25) is 4.57 Å². The van der Waals surface area contributed by atoms with Crippen LogP contribution in [0.15, 0.2) is 18.7 Å². The van der Waals surface area contributed by atoms with Crippen molar-refractivity contribution in [3.8, 4) is 0 Å². The largest absolute Gasteiger partial charge is 0.756 e. The minimum absolute atomic E-state index is 0.253. The van der Waals surface area contributed by atoms with Crippen molar-refractivity contribution in [2.24, 2.45) is 11.8 Å². The third kappa shape index (κ3) is 19.4. The molecule has 0 saturated carbocycles. The van der Waals surface area contributed by atoms with E-state index in [1.165, 1.54) is 51.6 Å². The van der Waals surface area contributed by atoms with E-state index in [1.54, 1.807) is 0 Å². The summed E-state index contributed by atoms with van der Waals surface area (Å²) in [5.74, 6) is 0.607. The van der Waals surface area contributed by atoms with Crippen molar-refractivity contribution in [1.29, 1.82) is 0 Å². The third-order valence-electron chi connectivity index (χ3n) is 6.81. The quantitative estimate of drug-likeness (QED) is 0.0863. The molecule has 6 nitrogen and oxygen atoms in total. The number of phosphoric ester groups is 1. The number of imidazole rings is 1. The molecule has 214 valence electrons. The van der Waals surface area contributed by atoms with Gasteiger partial charge in [0.2, 0.25) is 6.33 Å². The van der Waals surface area contributed by atoms with Crippen LogP contribution in [0.3, 0.4) is 0 Å². The first kappa shape index (κ1) is 35.3. The lowest BCUT2D eigenvalue weighted by Gasteiger charge is -2.27. The van der Waals surface area contributed by atoms with Crippen LogP contribution in [0, 0.1) is 11.8 Å². The van der Waals surface area contributed by atoms with Gasteiger partial charge in [0.05, 0.1) is 26.3 Å². The van der Waals surface area contributed by atoms with Crippen LogP contribution in [0.5, 0.6) is 0 Å². The molecule has 2 atom stereocenters. The van der Waals surface area contributed by atoms with Crippen molar-refractivity contribution >= 4 is 7.82 Å². The van der Waals surface area contributed by atoms with Crippen molar-refractivity contribution in [3.05, 3.63) is 18.7 Å². The molecule has 0 saturated heterocycles. The number of rotatable bonds is 22. The fourth-order valence-electron chi connectivity index (χ4n) is 3.99. The SMILES string of the molecule is CCCCC(CC)COP(=O)([O-])OCC(CC)CCCC.CCCCCCn1cc[n+](CCCC)c1. The molecule has 0 aromatic carbocycles. The summed E-state index contributed by atoms with van der Waals surface area (Å²) < 4.78 is 26.5. The van der Waals surface area contributed by atoms with Gasteiger partial charge in [-0.2, -0.15) is 0 Å². The zero-order valence-electron chi connectivity index (χ0n) is 24.6. The van der Waals surface area contributed by atoms with Crippen LogP contribution in [0.1, 0.15) is 131 Å². The zero-order chi connectivity index (χ0) is 27.1. The van der Waals surface area contributed by atoms with E-state index in [4.69, 9.17) is 9.05 Å². The van der Waals surface area contributed by atoms with Gasteiger partial charge in [-0.05, 0) is 43.9 Å². The fourth-order valence-corrected chi connectivity index (χ4v) is 4.85. The van der Waals surface area contributed by atoms with Crippen LogP contribution in [-0.4, -0.2) is 17.8 Å². The maximum atomic E-state index is 11.8. The first-order valence-electron chi connectivity index (χ1n) is 15.0. The van der Waals surface area contributed by atoms with Crippen molar-refractivity contribution in [3.63, 3.8) is 0 Å². The molecule has 7 heteroatoms. The molecule has 1 aromatic rings. The van der Waals surface area contributed by atoms with Crippen molar-refractivity contribution in [2.75, 3.05) is 13.2 Å². The zero-order valence-corrected chi connectivity index (χ0v) is 25.5. The summed E-state index contributed by atoms with van der Waals surface area (Å²) in [4.78, 5) is 11.8. The lowest BCUT2D eigenvalue weighted by Crippen LogP contribution is -2.30. The highest BCUT2D eigenvalue weighted by Crippen LogP contribution is 2.40. The van der Waals surface area contributed by atoms with Gasteiger partial charge in [-0.15, -0.1) is 0 Å². The van der Waals surface area contributed by atoms with Gasteiger partial charge in [0.15, 0.2) is 0 Å². The Bertz CT molecular complexity index is 629. The molecule has 1 aromatic heterocycles. The van der Waals surface area contributed by atoms with Gasteiger partial charge in [0, 0.05) is 0 Å². The van der Waals surface area contributed by atoms with E-state index in [2.05, 4.69) is 69.4 Å². The molecule has 0 aliphatic rings. The molecular formula is C29H59N2O4P. The predicted molar refractivity (Wildman–Crippen MR) is 150 cm³/mol. The summed E-state index contributed by atoms with van der Waals surface area (Å²) in [7, 11) is -4.14. The van der Waals surface area contributed by atoms with Gasteiger partial charge in [-0.1, -0.05) is 99.3 Å². The fraction of sp³-hybridized carbons (Fsp3) is 0.897. The molecule has 0 fully saturated rings. The van der Waals surface area contributed by atoms with Crippen LogP contribution in [0.2, 0.25) is 0 Å². The molecule has 0 aliphatic carbocycles. The van der Waals surface area contributed by atoms with E-state index in [0.717, 1.165) is 51.4 Å². The van der Waals surface area contributed by atoms with Gasteiger partial charge >= 0.3 is 0 Å². The minimum Gasteiger partial charge on any atom is -0.756 e. The molecule has 0 spiro atoms. The Labute approximate surface area is 223 Å². The smallest absolute Gasteiger partial charge is 0.267 e. The molecule has 0 N–H and O–H groups in total. The second kappa shape index (κ2) is 23.4. The van der Waals surface area contributed by atoms with Crippen LogP contribution in [0.25, 0.3) is 0 Å². The highest BCUT2D eigenvalue weighted by atomic mass is 31.2. The molecule has 0 aliphatic heterocycles. The molecule has 0 amide bonds. The van der Waals surface area contributed by atoms with E-state index in [9.17, 15) is 9.46 Å². The van der Waals surface area contributed by atoms with E-state index in [-0.39, 0.29) is 13.2 Å². The monoisotopic (exact) mass is 530 g/mol. The van der Waals surface area contributed by atoms with E-state index >= 15 is 0 Å². The molecule has 1 rings (SSSR count). The standard InChI is InChI=1S/C16H35O4P.C13H25N2/c1-5-9-11-15(7-3)13-19-21(17,18)20-14-16(8-4)12-10-6-2;1-3-5-7-8-10-15-12-11-14(13-15)9-6-4-2/h15-16H,5-14H2,1-4H3,(H,17,18);11-13H,3-10H2,1-2H3/q;+1/p-1. The van der Waals surface area contributed by atoms with Crippen LogP contribution in [-0.2, 0) is 26.7 Å². The van der Waals surface area contributed by atoms with Crippen LogP contribution in [0.4, 0.5) is 0 Å². The molecule has 2 unspecified atom stereocenters. The average molecular weight is 531 g/mol. The van der Waals surface area contributed by atoms with Gasteiger partial charge < -0.3 is 13.9 Å². The number of aryl methyl sites for hydroxylation is 2. The highest BCUT2D eigenvalue weighted by Gasteiger charge is 2.16. The minimum atomic E-state index is -4.14. The van der Waals surface area contributed by atoms with Crippen LogP contribution >= 0.6 is 7.82 Å². The Morgan fingerprint density at radius 3 is 1.78 bits per heavy atom. The summed E-state index contributed by atoms with van der Waals surface area (Å²) >= 11 is 0. The van der Waals surface area contributed by atoms with Gasteiger partial charge in [0.1, 0.15) is 12.4 Å². The first-order chi connectivity index (χ1) is 17.3. The Balaban J connectivity index is 0.000000717. The number of hydrogen-bond donors (Lipinski definition) is 0. The second-order valence-electron chi connectivity index (χ2n) is 10.2. The van der Waals surface area contributed by atoms with E-state index in [0.29, 0.717) is 11.8 Å². The van der Waals surface area contributed by atoms with E-state index < -0.39 is 7.82 Å². The first-order valence-corrected chi connectivity index (χ1v) is 16.5. The van der Waals surface area contributed by atoms with Crippen molar-refractivity contribution in [1.82, 2.24) is 4.57 Å². The molecule has 0 radical (unpaired) electrons. The number of unbranched alkanes of at least 4 members (excludes halogenated alkanes) is 6. The predicted octanol–water partition coefficient (Wildman–Crippen LogP) is 8.08. The normalized spacial score (nSPS) is 14.6. The Kier molecular flexibility index (Phi) is 23.0. The Morgan fingerprint density at radius 2 is 1.31 bits per heavy atom. The number of hydrogen-bond acceptors (Lipinski definition) is 4. The van der Waals surface area contributed by atoms with Crippen molar-refractivity contribution in [2.45, 2.75) is 145 Å². The lowest BCUT2D eigenvalue weighted by molar-refractivity contribution is -0.696. The highest BCUT2D eigenvalue weighted by molar-refractivity contribution is 7.45. The summed E-state index contributed by atoms with van der Waals surface area (Å²) in [5.41, 5.74) is 0. The maximum absolute atomic E-state index is 11.8. The number of aromatic nitrogens is 2. The molecule has 36 heavy (non-hydrogen) atoms. The summed E-state index contributed by atoms with van der Waals surface area (Å²) in [6.07, 6.45) is 22.9. The molecule has 1 heterocycles. The van der Waals surface area contributed by atoms with Gasteiger partial charge in [0.25, 0.3) is 7.82 Å². The lowest BCUT2D eigenvalue weighted by atomic mass is 10.0. The summed E-state index contributed by atoms with van der Waals surface area (Å²) in [5, 5.41) is 0. The maximum Gasteiger partial charge on any atom is 0.267 e. The van der Waals surface area contributed by atoms with Crippen molar-refractivity contribution < 1.29 is 23.1 Å². The summed E-state index contributed by atoms with van der Waals surface area (Å²) in [6, 6.07) is 0. The van der Waals surface area contributed by atoms with Gasteiger partial charge in [-0.25, -0.2) is 9.13 Å². The molecular weight excluding hydrogens is 471 g/mol. The number of nitrogens with zero attached hydrogens (tertiary/aromatic N) is 2.